The lowest BCUT2D eigenvalue weighted by molar-refractivity contribution is -0.122. The second-order valence-corrected chi connectivity index (χ2v) is 8.20. The highest BCUT2D eigenvalue weighted by atomic mass is 32.1. The molecule has 0 atom stereocenters. The summed E-state index contributed by atoms with van der Waals surface area (Å²) >= 11 is 5.42. The van der Waals surface area contributed by atoms with Gasteiger partial charge in [0, 0.05) is 13.6 Å². The van der Waals surface area contributed by atoms with E-state index in [9.17, 15) is 4.79 Å². The minimum atomic E-state index is -0.149. The van der Waals surface area contributed by atoms with E-state index in [1.54, 1.807) is 18.0 Å². The van der Waals surface area contributed by atoms with E-state index in [4.69, 9.17) is 21.7 Å². The zero-order chi connectivity index (χ0) is 23.9. The van der Waals surface area contributed by atoms with Crippen molar-refractivity contribution in [3.8, 4) is 11.5 Å². The Morgan fingerprint density at radius 1 is 0.882 bits per heavy atom. The Morgan fingerprint density at radius 3 is 2.06 bits per heavy atom. The Morgan fingerprint density at radius 2 is 1.47 bits per heavy atom. The molecule has 1 aliphatic rings. The highest BCUT2D eigenvalue weighted by Gasteiger charge is 2.34. The number of amides is 1. The molecule has 3 aromatic rings. The van der Waals surface area contributed by atoms with Crippen LogP contribution in [0.25, 0.3) is 6.08 Å². The van der Waals surface area contributed by atoms with Crippen LogP contribution in [0, 0.1) is 0 Å². The summed E-state index contributed by atoms with van der Waals surface area (Å²) in [6.07, 6.45) is 3.48. The maximum Gasteiger partial charge on any atom is 0.277 e. The van der Waals surface area contributed by atoms with E-state index < -0.39 is 0 Å². The SMILES string of the molecule is C=CCN1C(=O)/C(=C/c2ccc(OCc3ccccc3)c(OCc3ccccc3)c2)N(C)C1=S. The number of rotatable bonds is 9. The molecular weight excluding hydrogens is 444 g/mol. The molecular formula is C28H26N2O3S. The number of carbonyl (C=O) groups is 1. The minimum Gasteiger partial charge on any atom is -0.485 e. The van der Waals surface area contributed by atoms with Crippen molar-refractivity contribution < 1.29 is 14.3 Å². The molecule has 0 aromatic heterocycles. The van der Waals surface area contributed by atoms with Crippen molar-refractivity contribution in [2.24, 2.45) is 0 Å². The molecule has 0 aliphatic carbocycles. The first-order valence-corrected chi connectivity index (χ1v) is 11.4. The second kappa shape index (κ2) is 10.8. The molecule has 0 spiro atoms. The average molecular weight is 471 g/mol. The van der Waals surface area contributed by atoms with Gasteiger partial charge in [-0.15, -0.1) is 6.58 Å². The molecule has 6 heteroatoms. The summed E-state index contributed by atoms with van der Waals surface area (Å²) in [4.78, 5) is 16.1. The maximum atomic E-state index is 12.9. The lowest BCUT2D eigenvalue weighted by atomic mass is 10.1. The first-order valence-electron chi connectivity index (χ1n) is 11.0. The summed E-state index contributed by atoms with van der Waals surface area (Å²) in [7, 11) is 1.79. The number of likely N-dealkylation sites (N-methyl/N-ethyl adjacent to an activating group) is 1. The fourth-order valence-corrected chi connectivity index (χ4v) is 3.83. The van der Waals surface area contributed by atoms with Crippen molar-refractivity contribution in [3.05, 3.63) is 114 Å². The molecule has 0 unspecified atom stereocenters. The molecule has 0 radical (unpaired) electrons. The van der Waals surface area contributed by atoms with E-state index in [0.29, 0.717) is 42.1 Å². The Balaban J connectivity index is 1.60. The van der Waals surface area contributed by atoms with E-state index in [0.717, 1.165) is 16.7 Å². The molecule has 5 nitrogen and oxygen atoms in total. The van der Waals surface area contributed by atoms with Crippen molar-refractivity contribution in [2.45, 2.75) is 13.2 Å². The lowest BCUT2D eigenvalue weighted by Gasteiger charge is -2.15. The van der Waals surface area contributed by atoms with E-state index in [1.165, 1.54) is 4.90 Å². The number of benzene rings is 3. The van der Waals surface area contributed by atoms with Crippen molar-refractivity contribution >= 4 is 29.3 Å². The van der Waals surface area contributed by atoms with Gasteiger partial charge in [-0.3, -0.25) is 9.69 Å². The van der Waals surface area contributed by atoms with Crippen LogP contribution in [0.15, 0.2) is 97.2 Å². The van der Waals surface area contributed by atoms with Crippen molar-refractivity contribution in [1.82, 2.24) is 9.80 Å². The zero-order valence-electron chi connectivity index (χ0n) is 19.0. The minimum absolute atomic E-state index is 0.149. The van der Waals surface area contributed by atoms with Crippen LogP contribution in [0.1, 0.15) is 16.7 Å². The second-order valence-electron chi connectivity index (χ2n) is 7.83. The van der Waals surface area contributed by atoms with Crippen LogP contribution in [-0.4, -0.2) is 34.4 Å². The van der Waals surface area contributed by atoms with E-state index in [-0.39, 0.29) is 5.91 Å². The van der Waals surface area contributed by atoms with Crippen LogP contribution < -0.4 is 9.47 Å². The van der Waals surface area contributed by atoms with E-state index in [2.05, 4.69) is 6.58 Å². The lowest BCUT2D eigenvalue weighted by Crippen LogP contribution is -2.31. The molecule has 1 amide bonds. The van der Waals surface area contributed by atoms with Gasteiger partial charge in [-0.05, 0) is 47.1 Å². The van der Waals surface area contributed by atoms with Crippen LogP contribution >= 0.6 is 12.2 Å². The maximum absolute atomic E-state index is 12.9. The zero-order valence-corrected chi connectivity index (χ0v) is 19.8. The summed E-state index contributed by atoms with van der Waals surface area (Å²) in [5.41, 5.74) is 3.43. The van der Waals surface area contributed by atoms with Crippen LogP contribution in [0.5, 0.6) is 11.5 Å². The number of ether oxygens (including phenoxy) is 2. The van der Waals surface area contributed by atoms with Crippen LogP contribution in [-0.2, 0) is 18.0 Å². The van der Waals surface area contributed by atoms with Gasteiger partial charge >= 0.3 is 0 Å². The third kappa shape index (κ3) is 5.35. The van der Waals surface area contributed by atoms with Gasteiger partial charge < -0.3 is 14.4 Å². The van der Waals surface area contributed by atoms with Crippen molar-refractivity contribution in [3.63, 3.8) is 0 Å². The van der Waals surface area contributed by atoms with Crippen molar-refractivity contribution in [1.29, 1.82) is 0 Å². The largest absolute Gasteiger partial charge is 0.485 e. The molecule has 3 aromatic carbocycles. The Kier molecular flexibility index (Phi) is 7.40. The smallest absolute Gasteiger partial charge is 0.277 e. The molecule has 34 heavy (non-hydrogen) atoms. The molecule has 172 valence electrons. The summed E-state index contributed by atoms with van der Waals surface area (Å²) < 4.78 is 12.2. The number of nitrogens with zero attached hydrogens (tertiary/aromatic N) is 2. The molecule has 0 N–H and O–H groups in total. The topological polar surface area (TPSA) is 42.0 Å². The first-order chi connectivity index (χ1) is 16.6. The van der Waals surface area contributed by atoms with Gasteiger partial charge in [0.25, 0.3) is 5.91 Å². The van der Waals surface area contributed by atoms with Crippen molar-refractivity contribution in [2.75, 3.05) is 13.6 Å². The first kappa shape index (κ1) is 23.3. The van der Waals surface area contributed by atoms with Gasteiger partial charge in [0.1, 0.15) is 18.9 Å². The van der Waals surface area contributed by atoms with Gasteiger partial charge in [-0.1, -0.05) is 72.8 Å². The number of carbonyl (C=O) groups excluding carboxylic acids is 1. The Bertz CT molecular complexity index is 1210. The van der Waals surface area contributed by atoms with Gasteiger partial charge in [0.2, 0.25) is 0 Å². The summed E-state index contributed by atoms with van der Waals surface area (Å²) in [5, 5.41) is 0.458. The summed E-state index contributed by atoms with van der Waals surface area (Å²) in [5.74, 6) is 1.09. The Hall–Kier alpha value is -3.90. The van der Waals surface area contributed by atoms with Gasteiger partial charge in [-0.2, -0.15) is 0 Å². The molecule has 1 aliphatic heterocycles. The monoisotopic (exact) mass is 470 g/mol. The van der Waals surface area contributed by atoms with E-state index >= 15 is 0 Å². The molecule has 1 saturated heterocycles. The third-order valence-corrected chi connectivity index (χ3v) is 5.89. The highest BCUT2D eigenvalue weighted by molar-refractivity contribution is 7.80. The van der Waals surface area contributed by atoms with Crippen LogP contribution in [0.3, 0.4) is 0 Å². The molecule has 0 bridgehead atoms. The quantitative estimate of drug-likeness (QED) is 0.237. The van der Waals surface area contributed by atoms with Gasteiger partial charge in [0.05, 0.1) is 0 Å². The Labute approximate surface area is 205 Å². The van der Waals surface area contributed by atoms with Gasteiger partial charge in [-0.25, -0.2) is 0 Å². The normalized spacial score (nSPS) is 14.6. The average Bonchev–Trinajstić information content (AvgIpc) is 3.07. The molecule has 4 rings (SSSR count). The fourth-order valence-electron chi connectivity index (χ4n) is 3.58. The van der Waals surface area contributed by atoms with Crippen LogP contribution in [0.4, 0.5) is 0 Å². The summed E-state index contributed by atoms with van der Waals surface area (Å²) in [6, 6.07) is 25.6. The molecule has 1 fully saturated rings. The fraction of sp³-hybridized carbons (Fsp3) is 0.143. The molecule has 1 heterocycles. The predicted molar refractivity (Wildman–Crippen MR) is 138 cm³/mol. The standard InChI is InChI=1S/C28H26N2O3S/c1-3-16-30-27(31)24(29(2)28(30)34)17-23-14-15-25(32-19-21-10-6-4-7-11-21)26(18-23)33-20-22-12-8-5-9-13-22/h3-15,17-18H,1,16,19-20H2,2H3/b24-17-. The predicted octanol–water partition coefficient (Wildman–Crippen LogP) is 5.43. The third-order valence-electron chi connectivity index (χ3n) is 5.40. The van der Waals surface area contributed by atoms with Crippen LogP contribution in [0.2, 0.25) is 0 Å². The van der Waals surface area contributed by atoms with E-state index in [1.807, 2.05) is 84.9 Å². The van der Waals surface area contributed by atoms with Gasteiger partial charge in [0.15, 0.2) is 16.6 Å². The summed E-state index contributed by atoms with van der Waals surface area (Å²) in [6.45, 7) is 4.91. The number of hydrogen-bond acceptors (Lipinski definition) is 4. The number of thiocarbonyl (C=S) groups is 1. The molecule has 0 saturated carbocycles. The highest BCUT2D eigenvalue weighted by Crippen LogP contribution is 2.32. The number of hydrogen-bond donors (Lipinski definition) is 0.